The number of hydrogen-bond acceptors (Lipinski definition) is 9. The van der Waals surface area contributed by atoms with Gasteiger partial charge in [0.05, 0.1) is 9.85 Å². The third-order valence-corrected chi connectivity index (χ3v) is 3.58. The topological polar surface area (TPSA) is 118 Å². The minimum atomic E-state index is -1.53. The minimum Gasteiger partial charge on any atom is -0.465 e. The molecule has 0 unspecified atom stereocenters. The fourth-order valence-electron chi connectivity index (χ4n) is 2.55. The highest BCUT2D eigenvalue weighted by Crippen LogP contribution is 2.31. The fraction of sp³-hybridized carbons (Fsp3) is 0.500. The van der Waals surface area contributed by atoms with E-state index in [1.54, 1.807) is 0 Å². The lowest BCUT2D eigenvalue weighted by Gasteiger charge is -2.21. The predicted molar refractivity (Wildman–Crippen MR) is 89.6 cm³/mol. The number of rotatable bonds is 6. The van der Waals surface area contributed by atoms with Crippen LogP contribution in [-0.4, -0.2) is 55.9 Å². The zero-order valence-electron chi connectivity index (χ0n) is 19.6. The second-order valence-corrected chi connectivity index (χ2v) is 5.73. The van der Waals surface area contributed by atoms with Crippen molar-refractivity contribution in [3.63, 3.8) is 0 Å². The lowest BCUT2D eigenvalue weighted by atomic mass is 10.1. The van der Waals surface area contributed by atoms with Crippen LogP contribution in [0.5, 0.6) is 0 Å². The molecular formula is C18H22NO9+. The second kappa shape index (κ2) is 9.27. The molecule has 1 saturated heterocycles. The van der Waals surface area contributed by atoms with Crippen LogP contribution in [0.15, 0.2) is 24.4 Å². The van der Waals surface area contributed by atoms with Crippen molar-refractivity contribution >= 4 is 23.9 Å². The Balaban J connectivity index is 2.68. The molecule has 10 heteroatoms. The predicted octanol–water partition coefficient (Wildman–Crippen LogP) is 0.0846. The van der Waals surface area contributed by atoms with Crippen molar-refractivity contribution in [3.05, 3.63) is 30.0 Å². The molecule has 0 spiro atoms. The molecule has 0 aromatic carbocycles. The van der Waals surface area contributed by atoms with Crippen LogP contribution < -0.4 is 4.57 Å². The first kappa shape index (κ1) is 16.0. The number of nitrogens with zero attached hydrogens (tertiary/aromatic N) is 1. The minimum absolute atomic E-state index is 0.420. The summed E-state index contributed by atoms with van der Waals surface area (Å²) in [5.41, 5.74) is -0.619. The first-order valence-corrected chi connectivity index (χ1v) is 8.14. The molecule has 0 aliphatic carbocycles. The summed E-state index contributed by atoms with van der Waals surface area (Å²) in [6, 6.07) is -1.43. The van der Waals surface area contributed by atoms with Gasteiger partial charge < -0.3 is 23.7 Å². The van der Waals surface area contributed by atoms with Gasteiger partial charge in [0.25, 0.3) is 0 Å². The smallest absolute Gasteiger partial charge is 0.343 e. The van der Waals surface area contributed by atoms with E-state index in [1.165, 1.54) is 0 Å². The van der Waals surface area contributed by atoms with Crippen molar-refractivity contribution in [2.24, 2.45) is 0 Å². The van der Waals surface area contributed by atoms with Crippen molar-refractivity contribution in [3.8, 4) is 0 Å². The number of esters is 4. The molecule has 1 aromatic heterocycles. The standard InChI is InChI=1S/C18H22NO9/c1-10(20)25-9-14-15(26-11(2)21)16(27-12(3)22)17(28-14)19-7-5-6-13(8-19)18(23)24-4/h5-8,14-17H,9H2,1-4H3/q+1/t14-,15-,16-,17-/m1/s1/i5D,6D,7D,8D. The molecule has 10 nitrogen and oxygen atoms in total. The van der Waals surface area contributed by atoms with E-state index in [9.17, 15) is 19.2 Å². The maximum Gasteiger partial charge on any atom is 0.343 e. The van der Waals surface area contributed by atoms with Gasteiger partial charge in [-0.1, -0.05) is 0 Å². The summed E-state index contributed by atoms with van der Waals surface area (Å²) in [6.45, 7) is 2.87. The largest absolute Gasteiger partial charge is 0.465 e. The van der Waals surface area contributed by atoms with Gasteiger partial charge in [0, 0.05) is 26.8 Å². The van der Waals surface area contributed by atoms with E-state index < -0.39 is 85.0 Å². The summed E-state index contributed by atoms with van der Waals surface area (Å²) in [5.74, 6) is -3.36. The zero-order valence-corrected chi connectivity index (χ0v) is 15.6. The quantitative estimate of drug-likeness (QED) is 0.372. The monoisotopic (exact) mass is 400 g/mol. The maximum atomic E-state index is 12.1. The van der Waals surface area contributed by atoms with Crippen LogP contribution in [0.3, 0.4) is 0 Å². The maximum absolute atomic E-state index is 12.1. The molecule has 28 heavy (non-hydrogen) atoms. The van der Waals surface area contributed by atoms with E-state index in [0.717, 1.165) is 32.4 Å². The van der Waals surface area contributed by atoms with Crippen LogP contribution in [0, 0.1) is 0 Å². The Hall–Kier alpha value is -3.01. The lowest BCUT2D eigenvalue weighted by molar-refractivity contribution is -0.765. The first-order chi connectivity index (χ1) is 14.9. The molecule has 2 rings (SSSR count). The Kier molecular flexibility index (Phi) is 5.29. The second-order valence-electron chi connectivity index (χ2n) is 5.73. The Bertz CT molecular complexity index is 955. The van der Waals surface area contributed by atoms with Crippen molar-refractivity contribution in [2.75, 3.05) is 13.7 Å². The molecular weight excluding hydrogens is 374 g/mol. The van der Waals surface area contributed by atoms with Gasteiger partial charge >= 0.3 is 30.1 Å². The summed E-state index contributed by atoms with van der Waals surface area (Å²) in [5, 5.41) is 0. The molecule has 0 radical (unpaired) electrons. The van der Waals surface area contributed by atoms with E-state index in [1.807, 2.05) is 0 Å². The summed E-state index contributed by atoms with van der Waals surface area (Å²) < 4.78 is 59.0. The molecule has 0 bridgehead atoms. The number of pyridine rings is 1. The zero-order chi connectivity index (χ0) is 24.3. The Morgan fingerprint density at radius 3 is 2.32 bits per heavy atom. The third kappa shape index (κ3) is 5.26. The molecule has 0 amide bonds. The summed E-state index contributed by atoms with van der Waals surface area (Å²) in [4.78, 5) is 46.8. The Morgan fingerprint density at radius 1 is 1.11 bits per heavy atom. The van der Waals surface area contributed by atoms with E-state index in [0.29, 0.717) is 0 Å². The van der Waals surface area contributed by atoms with Gasteiger partial charge in [0.2, 0.25) is 6.10 Å². The van der Waals surface area contributed by atoms with Crippen molar-refractivity contribution in [1.29, 1.82) is 0 Å². The molecule has 0 N–H and O–H groups in total. The average Bonchev–Trinajstić information content (AvgIpc) is 3.00. The van der Waals surface area contributed by atoms with Crippen LogP contribution in [0.4, 0.5) is 0 Å². The molecule has 0 saturated carbocycles. The summed E-state index contributed by atoms with van der Waals surface area (Å²) in [6.07, 6.45) is -6.87. The molecule has 1 aromatic rings. The van der Waals surface area contributed by atoms with Crippen LogP contribution in [-0.2, 0) is 38.1 Å². The molecule has 1 aliphatic rings. The van der Waals surface area contributed by atoms with Gasteiger partial charge in [-0.3, -0.25) is 14.4 Å². The molecule has 152 valence electrons. The number of aromatic nitrogens is 1. The molecule has 1 aliphatic heterocycles. The van der Waals surface area contributed by atoms with E-state index in [-0.39, 0.29) is 0 Å². The van der Waals surface area contributed by atoms with E-state index in [4.69, 9.17) is 24.4 Å². The van der Waals surface area contributed by atoms with E-state index >= 15 is 0 Å². The first-order valence-electron chi connectivity index (χ1n) is 10.1. The number of carbonyl (C=O) groups is 4. The lowest BCUT2D eigenvalue weighted by Crippen LogP contribution is -2.48. The number of ether oxygens (including phenoxy) is 5. The highest BCUT2D eigenvalue weighted by atomic mass is 16.7. The van der Waals surface area contributed by atoms with Gasteiger partial charge in [-0.05, 0) is 6.04 Å². The molecule has 2 heterocycles. The van der Waals surface area contributed by atoms with Crippen LogP contribution in [0.2, 0.25) is 0 Å². The third-order valence-electron chi connectivity index (χ3n) is 3.58. The SMILES string of the molecule is [2H]c1c([2H])c([2H])[n+]([C@@H]2O[C@H](COC(C)=O)[C@@H](OC(C)=O)[C@H]2OC(C)=O)c([2H])c1C(=O)OC. The highest BCUT2D eigenvalue weighted by Gasteiger charge is 2.54. The normalized spacial score (nSPS) is 25.6. The highest BCUT2D eigenvalue weighted by molar-refractivity contribution is 5.88. The van der Waals surface area contributed by atoms with Gasteiger partial charge in [-0.2, -0.15) is 4.57 Å². The van der Waals surface area contributed by atoms with E-state index in [2.05, 4.69) is 4.74 Å². The van der Waals surface area contributed by atoms with Gasteiger partial charge in [-0.25, -0.2) is 4.79 Å². The van der Waals surface area contributed by atoms with Crippen LogP contribution in [0.1, 0.15) is 42.8 Å². The average molecular weight is 400 g/mol. The Morgan fingerprint density at radius 2 is 1.75 bits per heavy atom. The number of hydrogen-bond donors (Lipinski definition) is 0. The summed E-state index contributed by atoms with van der Waals surface area (Å²) in [7, 11) is 1.02. The van der Waals surface area contributed by atoms with Gasteiger partial charge in [0.1, 0.15) is 21.0 Å². The van der Waals surface area contributed by atoms with Crippen LogP contribution in [0.25, 0.3) is 0 Å². The summed E-state index contributed by atoms with van der Waals surface area (Å²) >= 11 is 0. The van der Waals surface area contributed by atoms with Gasteiger partial charge in [-0.15, -0.1) is 0 Å². The van der Waals surface area contributed by atoms with Gasteiger partial charge in [0.15, 0.2) is 18.4 Å². The Labute approximate surface area is 166 Å². The van der Waals surface area contributed by atoms with Crippen molar-refractivity contribution < 1.29 is 52.9 Å². The molecule has 1 fully saturated rings. The number of carbonyl (C=O) groups excluding carboxylic acids is 4. The van der Waals surface area contributed by atoms with Crippen LogP contribution >= 0.6 is 0 Å². The van der Waals surface area contributed by atoms with Crippen molar-refractivity contribution in [1.82, 2.24) is 0 Å². The molecule has 4 atom stereocenters. The number of methoxy groups -OCH3 is 1. The van der Waals surface area contributed by atoms with Crippen molar-refractivity contribution in [2.45, 2.75) is 45.3 Å². The fourth-order valence-corrected chi connectivity index (χ4v) is 2.55.